The van der Waals surface area contributed by atoms with Gasteiger partial charge in [-0.2, -0.15) is 4.98 Å². The van der Waals surface area contributed by atoms with Gasteiger partial charge in [0.15, 0.2) is 0 Å². The lowest BCUT2D eigenvalue weighted by molar-refractivity contribution is 0.00718. The summed E-state index contributed by atoms with van der Waals surface area (Å²) in [6.07, 6.45) is -0.233. The van der Waals surface area contributed by atoms with E-state index in [-0.39, 0.29) is 11.5 Å². The number of rotatable bonds is 4. The molecular formula is C15H21N3O2. The largest absolute Gasteiger partial charge is 0.373 e. The maximum absolute atomic E-state index is 6.14. The number of nitrogens with two attached hydrogens (primary N) is 1. The molecular weight excluding hydrogens is 254 g/mol. The number of benzene rings is 1. The third kappa shape index (κ3) is 3.05. The Balaban J connectivity index is 2.25. The van der Waals surface area contributed by atoms with Crippen LogP contribution in [0.4, 0.5) is 0 Å². The van der Waals surface area contributed by atoms with E-state index in [9.17, 15) is 0 Å². The highest BCUT2D eigenvalue weighted by Gasteiger charge is 2.31. The fraction of sp³-hybridized carbons (Fsp3) is 0.467. The van der Waals surface area contributed by atoms with E-state index in [0.29, 0.717) is 11.7 Å². The summed E-state index contributed by atoms with van der Waals surface area (Å²) in [4.78, 5) is 4.40. The summed E-state index contributed by atoms with van der Waals surface area (Å²) < 4.78 is 10.8. The molecule has 0 amide bonds. The van der Waals surface area contributed by atoms with Gasteiger partial charge in [0.2, 0.25) is 11.7 Å². The van der Waals surface area contributed by atoms with Crippen molar-refractivity contribution in [2.24, 2.45) is 11.1 Å². The van der Waals surface area contributed by atoms with Crippen LogP contribution >= 0.6 is 0 Å². The van der Waals surface area contributed by atoms with Gasteiger partial charge in [0.1, 0.15) is 12.1 Å². The summed E-state index contributed by atoms with van der Waals surface area (Å²) in [6, 6.07) is 9.25. The van der Waals surface area contributed by atoms with E-state index in [1.54, 1.807) is 7.11 Å². The van der Waals surface area contributed by atoms with Crippen molar-refractivity contribution in [3.8, 4) is 0 Å². The molecule has 5 heteroatoms. The highest BCUT2D eigenvalue weighted by atomic mass is 16.5. The van der Waals surface area contributed by atoms with Crippen molar-refractivity contribution in [2.45, 2.75) is 32.9 Å². The third-order valence-corrected chi connectivity index (χ3v) is 3.14. The summed E-state index contributed by atoms with van der Waals surface area (Å²) in [6.45, 7) is 6.19. The zero-order valence-electron chi connectivity index (χ0n) is 12.3. The minimum Gasteiger partial charge on any atom is -0.373 e. The lowest BCUT2D eigenvalue weighted by Crippen LogP contribution is -2.21. The zero-order chi connectivity index (χ0) is 14.8. The van der Waals surface area contributed by atoms with Crippen molar-refractivity contribution < 1.29 is 9.26 Å². The van der Waals surface area contributed by atoms with Gasteiger partial charge < -0.3 is 15.0 Å². The van der Waals surface area contributed by atoms with Crippen LogP contribution in [0.2, 0.25) is 0 Å². The van der Waals surface area contributed by atoms with Gasteiger partial charge in [-0.15, -0.1) is 0 Å². The summed E-state index contributed by atoms with van der Waals surface area (Å²) in [5.74, 6) is 0.930. The van der Waals surface area contributed by atoms with E-state index in [4.69, 9.17) is 15.0 Å². The lowest BCUT2D eigenvalue weighted by Gasteiger charge is -2.26. The molecule has 20 heavy (non-hydrogen) atoms. The van der Waals surface area contributed by atoms with E-state index in [0.717, 1.165) is 5.56 Å². The molecule has 2 atom stereocenters. The molecule has 0 aliphatic heterocycles. The summed E-state index contributed by atoms with van der Waals surface area (Å²) in [5, 5.41) is 4.01. The van der Waals surface area contributed by atoms with Gasteiger partial charge in [0.05, 0.1) is 0 Å². The Morgan fingerprint density at radius 2 is 1.85 bits per heavy atom. The molecule has 2 rings (SSSR count). The van der Waals surface area contributed by atoms with Crippen LogP contribution in [0.3, 0.4) is 0 Å². The molecule has 0 aliphatic rings. The Hall–Kier alpha value is -1.72. The normalized spacial score (nSPS) is 15.1. The van der Waals surface area contributed by atoms with Crippen LogP contribution in [0.1, 0.15) is 50.2 Å². The Labute approximate surface area is 119 Å². The smallest absolute Gasteiger partial charge is 0.248 e. The maximum atomic E-state index is 6.14. The Morgan fingerprint density at radius 1 is 1.20 bits per heavy atom. The van der Waals surface area contributed by atoms with Gasteiger partial charge in [-0.25, -0.2) is 0 Å². The molecule has 1 aromatic carbocycles. The lowest BCUT2D eigenvalue weighted by atomic mass is 9.88. The van der Waals surface area contributed by atoms with Gasteiger partial charge in [0, 0.05) is 7.11 Å². The van der Waals surface area contributed by atoms with E-state index in [2.05, 4.69) is 30.9 Å². The van der Waals surface area contributed by atoms with Crippen LogP contribution in [0.15, 0.2) is 34.9 Å². The molecule has 0 bridgehead atoms. The molecule has 0 fully saturated rings. The van der Waals surface area contributed by atoms with Crippen molar-refractivity contribution in [3.05, 3.63) is 47.6 Å². The first-order chi connectivity index (χ1) is 9.43. The second-order valence-electron chi connectivity index (χ2n) is 5.86. The highest BCUT2D eigenvalue weighted by Crippen LogP contribution is 2.34. The second-order valence-corrected chi connectivity index (χ2v) is 5.86. The van der Waals surface area contributed by atoms with Crippen LogP contribution < -0.4 is 5.73 Å². The SMILES string of the molecule is COC(c1noc(C(N)c2ccccc2)n1)C(C)(C)C. The topological polar surface area (TPSA) is 74.2 Å². The molecule has 2 unspecified atom stereocenters. The highest BCUT2D eigenvalue weighted by molar-refractivity contribution is 5.23. The number of hydrogen-bond donors (Lipinski definition) is 1. The van der Waals surface area contributed by atoms with E-state index in [1.807, 2.05) is 30.3 Å². The van der Waals surface area contributed by atoms with Crippen LogP contribution in [-0.2, 0) is 4.74 Å². The van der Waals surface area contributed by atoms with E-state index < -0.39 is 6.04 Å². The van der Waals surface area contributed by atoms with Crippen LogP contribution in [-0.4, -0.2) is 17.3 Å². The number of nitrogens with zero attached hydrogens (tertiary/aromatic N) is 2. The van der Waals surface area contributed by atoms with Crippen molar-refractivity contribution in [3.63, 3.8) is 0 Å². The number of ether oxygens (including phenoxy) is 1. The molecule has 0 saturated heterocycles. The molecule has 1 heterocycles. The molecule has 2 aromatic rings. The van der Waals surface area contributed by atoms with Crippen LogP contribution in [0.5, 0.6) is 0 Å². The Morgan fingerprint density at radius 3 is 2.40 bits per heavy atom. The monoisotopic (exact) mass is 275 g/mol. The molecule has 1 aromatic heterocycles. The molecule has 0 spiro atoms. The maximum Gasteiger partial charge on any atom is 0.248 e. The van der Waals surface area contributed by atoms with Gasteiger partial charge in [-0.3, -0.25) is 0 Å². The van der Waals surface area contributed by atoms with Gasteiger partial charge >= 0.3 is 0 Å². The standard InChI is InChI=1S/C15H21N3O2/c1-15(2,3)12(19-4)13-17-14(20-18-13)11(16)10-8-6-5-7-9-10/h5-9,11-12H,16H2,1-4H3. The average molecular weight is 275 g/mol. The minimum atomic E-state index is -0.421. The zero-order valence-corrected chi connectivity index (χ0v) is 12.3. The first kappa shape index (κ1) is 14.7. The number of aromatic nitrogens is 2. The predicted octanol–water partition coefficient (Wildman–Crippen LogP) is 2.85. The summed E-state index contributed by atoms with van der Waals surface area (Å²) in [7, 11) is 1.64. The quantitative estimate of drug-likeness (QED) is 0.928. The number of hydrogen-bond acceptors (Lipinski definition) is 5. The van der Waals surface area contributed by atoms with E-state index in [1.165, 1.54) is 0 Å². The van der Waals surface area contributed by atoms with Crippen molar-refractivity contribution in [1.82, 2.24) is 10.1 Å². The Bertz CT molecular complexity index is 546. The molecule has 5 nitrogen and oxygen atoms in total. The second kappa shape index (κ2) is 5.73. The van der Waals surface area contributed by atoms with Gasteiger partial charge in [-0.05, 0) is 11.0 Å². The van der Waals surface area contributed by atoms with Crippen molar-refractivity contribution in [2.75, 3.05) is 7.11 Å². The predicted molar refractivity (Wildman–Crippen MR) is 76.0 cm³/mol. The fourth-order valence-electron chi connectivity index (χ4n) is 2.13. The third-order valence-electron chi connectivity index (χ3n) is 3.14. The van der Waals surface area contributed by atoms with Crippen molar-refractivity contribution >= 4 is 0 Å². The van der Waals surface area contributed by atoms with Crippen LogP contribution in [0.25, 0.3) is 0 Å². The average Bonchev–Trinajstić information content (AvgIpc) is 2.87. The van der Waals surface area contributed by atoms with Gasteiger partial charge in [-0.1, -0.05) is 56.3 Å². The molecule has 108 valence electrons. The fourth-order valence-corrected chi connectivity index (χ4v) is 2.13. The first-order valence-electron chi connectivity index (χ1n) is 6.60. The van der Waals surface area contributed by atoms with Crippen molar-refractivity contribution in [1.29, 1.82) is 0 Å². The summed E-state index contributed by atoms with van der Waals surface area (Å²) in [5.41, 5.74) is 6.96. The number of methoxy groups -OCH3 is 1. The Kier molecular flexibility index (Phi) is 4.20. The molecule has 0 aliphatic carbocycles. The first-order valence-corrected chi connectivity index (χ1v) is 6.60. The van der Waals surface area contributed by atoms with E-state index >= 15 is 0 Å². The molecule has 0 radical (unpaired) electrons. The minimum absolute atomic E-state index is 0.118. The van der Waals surface area contributed by atoms with Gasteiger partial charge in [0.25, 0.3) is 0 Å². The molecule has 2 N–H and O–H groups in total. The molecule has 0 saturated carbocycles. The summed E-state index contributed by atoms with van der Waals surface area (Å²) >= 11 is 0. The van der Waals surface area contributed by atoms with Crippen LogP contribution in [0, 0.1) is 5.41 Å².